The Hall–Kier alpha value is -1.88. The number of allylic oxidation sites excluding steroid dienone is 2. The van der Waals surface area contributed by atoms with E-state index in [2.05, 4.69) is 4.90 Å². The van der Waals surface area contributed by atoms with Crippen LogP contribution in [0.2, 0.25) is 0 Å². The van der Waals surface area contributed by atoms with Crippen molar-refractivity contribution in [3.63, 3.8) is 0 Å². The molecule has 1 fully saturated rings. The van der Waals surface area contributed by atoms with Gasteiger partial charge < -0.3 is 9.64 Å². The highest BCUT2D eigenvalue weighted by Gasteiger charge is 2.35. The van der Waals surface area contributed by atoms with Crippen LogP contribution in [-0.4, -0.2) is 47.8 Å². The average Bonchev–Trinajstić information content (AvgIpc) is 3.08. The largest absolute Gasteiger partial charge is 0.425 e. The van der Waals surface area contributed by atoms with Gasteiger partial charge in [-0.2, -0.15) is 8.42 Å². The zero-order valence-corrected chi connectivity index (χ0v) is 17.2. The van der Waals surface area contributed by atoms with E-state index in [0.29, 0.717) is 5.57 Å². The van der Waals surface area contributed by atoms with Gasteiger partial charge in [0.05, 0.1) is 16.5 Å². The summed E-state index contributed by atoms with van der Waals surface area (Å²) in [5.41, 5.74) is 1.70. The molecule has 1 aromatic carbocycles. The van der Waals surface area contributed by atoms with Crippen molar-refractivity contribution in [2.45, 2.75) is 18.7 Å². The lowest BCUT2D eigenvalue weighted by atomic mass is 10.2. The molecule has 144 valence electrons. The molecule has 1 saturated heterocycles. The molecule has 2 heterocycles. The molecule has 2 aliphatic heterocycles. The molecular formula is C17H18N2O5S3. The minimum atomic E-state index is -4.20. The Morgan fingerprint density at radius 3 is 2.70 bits per heavy atom. The third kappa shape index (κ3) is 4.18. The number of fused-ring (bicyclic) bond motifs is 1. The van der Waals surface area contributed by atoms with Crippen LogP contribution >= 0.6 is 24.0 Å². The second kappa shape index (κ2) is 7.63. The Labute approximate surface area is 167 Å². The summed E-state index contributed by atoms with van der Waals surface area (Å²) in [5, 5.41) is 0.841. The Bertz CT molecular complexity index is 969. The maximum atomic E-state index is 12.5. The van der Waals surface area contributed by atoms with Crippen molar-refractivity contribution in [1.29, 1.82) is 0 Å². The first kappa shape index (κ1) is 19.9. The van der Waals surface area contributed by atoms with E-state index in [0.717, 1.165) is 27.1 Å². The third-order valence-corrected chi connectivity index (χ3v) is 6.19. The molecule has 0 radical (unpaired) electrons. The molecular weight excluding hydrogens is 408 g/mol. The highest BCUT2D eigenvalue weighted by Crippen LogP contribution is 2.46. The van der Waals surface area contributed by atoms with Crippen molar-refractivity contribution in [2.75, 3.05) is 23.7 Å². The van der Waals surface area contributed by atoms with Crippen LogP contribution in [0.15, 0.2) is 51.6 Å². The summed E-state index contributed by atoms with van der Waals surface area (Å²) < 4.78 is 36.1. The number of ether oxygens (including phenoxy) is 1. The molecule has 0 spiro atoms. The molecule has 0 aliphatic carbocycles. The molecule has 3 rings (SSSR count). The Kier molecular flexibility index (Phi) is 5.61. The van der Waals surface area contributed by atoms with Crippen LogP contribution in [-0.2, 0) is 19.6 Å². The first-order valence-electron chi connectivity index (χ1n) is 8.17. The number of thioether (sulfide) groups is 1. The van der Waals surface area contributed by atoms with Crippen LogP contribution in [0, 0.1) is 0 Å². The normalized spacial score (nSPS) is 20.3. The number of amides is 1. The van der Waals surface area contributed by atoms with Crippen LogP contribution in [0.1, 0.15) is 13.8 Å². The van der Waals surface area contributed by atoms with E-state index in [9.17, 15) is 13.2 Å². The van der Waals surface area contributed by atoms with Gasteiger partial charge in [-0.15, -0.1) is 0 Å². The van der Waals surface area contributed by atoms with Gasteiger partial charge in [-0.25, -0.2) is 0 Å². The zero-order chi connectivity index (χ0) is 19.8. The number of hydrogen-bond acceptors (Lipinski definition) is 7. The molecule has 0 saturated carbocycles. The lowest BCUT2D eigenvalue weighted by molar-refractivity contribution is -0.122. The third-order valence-electron chi connectivity index (χ3n) is 4.07. The number of carbonyl (C=O) groups is 1. The quantitative estimate of drug-likeness (QED) is 0.437. The molecule has 1 aromatic rings. The van der Waals surface area contributed by atoms with Gasteiger partial charge in [0.25, 0.3) is 21.2 Å². The van der Waals surface area contributed by atoms with E-state index in [1.165, 1.54) is 0 Å². The number of rotatable bonds is 5. The maximum Gasteiger partial charge on any atom is 0.297 e. The van der Waals surface area contributed by atoms with Gasteiger partial charge in [0.2, 0.25) is 0 Å². The zero-order valence-electron chi connectivity index (χ0n) is 14.7. The molecule has 0 atom stereocenters. The second-order valence-electron chi connectivity index (χ2n) is 5.92. The maximum absolute atomic E-state index is 12.5. The SMILES string of the molecule is CCN1/C(=C/C(C)=C2/OC(=S)N(CCS(=O)(=O)O)C2=O)Sc2ccccc21. The Balaban J connectivity index is 1.86. The monoisotopic (exact) mass is 426 g/mol. The van der Waals surface area contributed by atoms with Crippen molar-refractivity contribution in [3.8, 4) is 0 Å². The molecule has 7 nitrogen and oxygen atoms in total. The van der Waals surface area contributed by atoms with Crippen LogP contribution < -0.4 is 4.90 Å². The van der Waals surface area contributed by atoms with Crippen molar-refractivity contribution >= 4 is 50.9 Å². The Morgan fingerprint density at radius 2 is 2.04 bits per heavy atom. The molecule has 1 amide bonds. The number of anilines is 1. The topological polar surface area (TPSA) is 87.2 Å². The van der Waals surface area contributed by atoms with E-state index >= 15 is 0 Å². The van der Waals surface area contributed by atoms with Crippen molar-refractivity contribution in [1.82, 2.24) is 4.90 Å². The van der Waals surface area contributed by atoms with E-state index in [4.69, 9.17) is 21.5 Å². The molecule has 0 aromatic heterocycles. The summed E-state index contributed by atoms with van der Waals surface area (Å²) in [5.74, 6) is -1.05. The van der Waals surface area contributed by atoms with Crippen LogP contribution in [0.4, 0.5) is 5.69 Å². The highest BCUT2D eigenvalue weighted by atomic mass is 32.2. The average molecular weight is 427 g/mol. The lowest BCUT2D eigenvalue weighted by Gasteiger charge is -2.18. The smallest absolute Gasteiger partial charge is 0.297 e. The number of carbonyl (C=O) groups excluding carboxylic acids is 1. The predicted octanol–water partition coefficient (Wildman–Crippen LogP) is 2.77. The Morgan fingerprint density at radius 1 is 1.33 bits per heavy atom. The molecule has 2 aliphatic rings. The summed E-state index contributed by atoms with van der Waals surface area (Å²) >= 11 is 6.62. The van der Waals surface area contributed by atoms with Gasteiger partial charge in [0, 0.05) is 23.6 Å². The first-order valence-corrected chi connectivity index (χ1v) is 11.0. The van der Waals surface area contributed by atoms with Crippen LogP contribution in [0.3, 0.4) is 0 Å². The minimum Gasteiger partial charge on any atom is -0.425 e. The lowest BCUT2D eigenvalue weighted by Crippen LogP contribution is -2.33. The van der Waals surface area contributed by atoms with Crippen molar-refractivity contribution in [2.24, 2.45) is 0 Å². The summed E-state index contributed by atoms with van der Waals surface area (Å²) in [6.45, 7) is 4.30. The fraction of sp³-hybridized carbons (Fsp3) is 0.294. The highest BCUT2D eigenvalue weighted by molar-refractivity contribution is 8.03. The van der Waals surface area contributed by atoms with E-state index in [1.54, 1.807) is 18.7 Å². The summed E-state index contributed by atoms with van der Waals surface area (Å²) in [7, 11) is -4.20. The summed E-state index contributed by atoms with van der Waals surface area (Å²) in [6, 6.07) is 8.03. The molecule has 10 heteroatoms. The predicted molar refractivity (Wildman–Crippen MR) is 108 cm³/mol. The standard InChI is InChI=1S/C17H18N2O5S3/c1-3-18-12-6-4-5-7-13(12)26-14(18)10-11(2)15-16(20)19(17(25)24-15)8-9-27(21,22)23/h4-7,10H,3,8-9H2,1-2H3,(H,21,22,23)/b14-10-,15-11+. The van der Waals surface area contributed by atoms with Gasteiger partial charge in [0.1, 0.15) is 0 Å². The minimum absolute atomic E-state index is 0.0652. The van der Waals surface area contributed by atoms with Gasteiger partial charge in [-0.3, -0.25) is 14.2 Å². The fourth-order valence-corrected chi connectivity index (χ4v) is 4.68. The first-order chi connectivity index (χ1) is 12.7. The molecule has 0 unspecified atom stereocenters. The fourth-order valence-electron chi connectivity index (χ4n) is 2.78. The summed E-state index contributed by atoms with van der Waals surface area (Å²) in [4.78, 5) is 16.9. The second-order valence-corrected chi connectivity index (χ2v) is 8.90. The number of para-hydroxylation sites is 1. The molecule has 27 heavy (non-hydrogen) atoms. The van der Waals surface area contributed by atoms with Gasteiger partial charge in [-0.05, 0) is 44.3 Å². The van der Waals surface area contributed by atoms with Crippen LogP contribution in [0.25, 0.3) is 0 Å². The molecule has 0 bridgehead atoms. The number of thiocarbonyl (C=S) groups is 1. The number of nitrogens with zero attached hydrogens (tertiary/aromatic N) is 2. The van der Waals surface area contributed by atoms with E-state index in [1.807, 2.05) is 37.3 Å². The van der Waals surface area contributed by atoms with Gasteiger partial charge >= 0.3 is 0 Å². The number of hydrogen-bond donors (Lipinski definition) is 1. The number of benzene rings is 1. The molecule has 1 N–H and O–H groups in total. The van der Waals surface area contributed by atoms with Gasteiger partial charge in [0.15, 0.2) is 5.76 Å². The van der Waals surface area contributed by atoms with E-state index < -0.39 is 21.8 Å². The van der Waals surface area contributed by atoms with E-state index in [-0.39, 0.29) is 17.5 Å². The summed E-state index contributed by atoms with van der Waals surface area (Å²) in [6.07, 6.45) is 1.86. The van der Waals surface area contributed by atoms with Crippen LogP contribution in [0.5, 0.6) is 0 Å². The van der Waals surface area contributed by atoms with Crippen molar-refractivity contribution in [3.05, 3.63) is 46.7 Å². The van der Waals surface area contributed by atoms with Gasteiger partial charge in [-0.1, -0.05) is 23.9 Å². The van der Waals surface area contributed by atoms with Crippen molar-refractivity contribution < 1.29 is 22.5 Å².